The van der Waals surface area contributed by atoms with E-state index in [4.69, 9.17) is 0 Å². The molecule has 0 saturated heterocycles. The van der Waals surface area contributed by atoms with Gasteiger partial charge >= 0.3 is 0 Å². The summed E-state index contributed by atoms with van der Waals surface area (Å²) in [6.45, 7) is 6.69. The van der Waals surface area contributed by atoms with E-state index in [0.29, 0.717) is 16.5 Å². The molecule has 5 nitrogen and oxygen atoms in total. The van der Waals surface area contributed by atoms with E-state index in [1.165, 1.54) is 11.5 Å². The number of aromatic nitrogens is 2. The Balaban J connectivity index is 2.21. The molecular weight excluding hydrogens is 272 g/mol. The van der Waals surface area contributed by atoms with Gasteiger partial charge in [-0.3, -0.25) is 10.1 Å². The first-order valence-electron chi connectivity index (χ1n) is 6.56. The number of hydrogen-bond acceptors (Lipinski definition) is 5. The van der Waals surface area contributed by atoms with Crippen LogP contribution in [0.25, 0.3) is 0 Å². The third-order valence-corrected chi connectivity index (χ3v) is 3.45. The lowest BCUT2D eigenvalue weighted by Crippen LogP contribution is -2.15. The van der Waals surface area contributed by atoms with E-state index in [9.17, 15) is 4.79 Å². The van der Waals surface area contributed by atoms with Gasteiger partial charge in [0.25, 0.3) is 5.91 Å². The molecule has 6 heteroatoms. The van der Waals surface area contributed by atoms with Crippen molar-refractivity contribution in [2.45, 2.75) is 27.2 Å². The molecule has 1 aromatic carbocycles. The number of anilines is 2. The summed E-state index contributed by atoms with van der Waals surface area (Å²) in [5.74, 6) is 0.502. The first-order valence-corrected chi connectivity index (χ1v) is 7.33. The molecule has 0 radical (unpaired) electrons. The van der Waals surface area contributed by atoms with Gasteiger partial charge in [-0.25, -0.2) is 4.98 Å². The molecule has 2 N–H and O–H groups in total. The molecule has 0 aliphatic carbocycles. The molecule has 2 aromatic rings. The Morgan fingerprint density at radius 1 is 1.35 bits per heavy atom. The van der Waals surface area contributed by atoms with Crippen molar-refractivity contribution in [1.82, 2.24) is 9.36 Å². The smallest absolute Gasteiger partial charge is 0.259 e. The molecule has 1 amide bonds. The molecule has 0 saturated carbocycles. The highest BCUT2D eigenvalue weighted by Gasteiger charge is 2.13. The van der Waals surface area contributed by atoms with Crippen molar-refractivity contribution in [1.29, 1.82) is 0 Å². The third-order valence-electron chi connectivity index (χ3n) is 2.73. The van der Waals surface area contributed by atoms with Gasteiger partial charge in [-0.1, -0.05) is 18.6 Å². The van der Waals surface area contributed by atoms with Gasteiger partial charge in [-0.15, -0.1) is 0 Å². The van der Waals surface area contributed by atoms with Crippen LogP contribution in [0.15, 0.2) is 18.2 Å². The summed E-state index contributed by atoms with van der Waals surface area (Å²) in [4.78, 5) is 16.5. The highest BCUT2D eigenvalue weighted by atomic mass is 32.1. The highest BCUT2D eigenvalue weighted by Crippen LogP contribution is 2.20. The fourth-order valence-corrected chi connectivity index (χ4v) is 2.34. The van der Waals surface area contributed by atoms with Gasteiger partial charge < -0.3 is 5.32 Å². The predicted octanol–water partition coefficient (Wildman–Crippen LogP) is 3.23. The van der Waals surface area contributed by atoms with Crippen molar-refractivity contribution in [2.24, 2.45) is 0 Å². The van der Waals surface area contributed by atoms with Crippen LogP contribution in [-0.2, 0) is 0 Å². The number of aryl methyl sites for hydroxylation is 2. The summed E-state index contributed by atoms with van der Waals surface area (Å²) >= 11 is 1.19. The van der Waals surface area contributed by atoms with Crippen molar-refractivity contribution in [2.75, 3.05) is 17.2 Å². The van der Waals surface area contributed by atoms with Crippen molar-refractivity contribution >= 4 is 28.3 Å². The zero-order valence-corrected chi connectivity index (χ0v) is 12.7. The summed E-state index contributed by atoms with van der Waals surface area (Å²) in [6.07, 6.45) is 1.00. The molecule has 0 bridgehead atoms. The third kappa shape index (κ3) is 3.54. The lowest BCUT2D eigenvalue weighted by atomic mass is 10.1. The minimum atomic E-state index is -0.163. The van der Waals surface area contributed by atoms with Crippen molar-refractivity contribution in [3.8, 4) is 0 Å². The van der Waals surface area contributed by atoms with E-state index >= 15 is 0 Å². The normalized spacial score (nSPS) is 10.3. The van der Waals surface area contributed by atoms with Crippen LogP contribution in [0.1, 0.15) is 35.1 Å². The summed E-state index contributed by atoms with van der Waals surface area (Å²) < 4.78 is 4.05. The fourth-order valence-electron chi connectivity index (χ4n) is 1.77. The molecule has 0 unspecified atom stereocenters. The Labute approximate surface area is 122 Å². The van der Waals surface area contributed by atoms with Crippen LogP contribution in [0.3, 0.4) is 0 Å². The number of nitrogens with one attached hydrogen (secondary N) is 2. The second-order valence-corrected chi connectivity index (χ2v) is 5.33. The second kappa shape index (κ2) is 6.47. The first kappa shape index (κ1) is 14.5. The minimum absolute atomic E-state index is 0.163. The standard InChI is InChI=1S/C14H18N4OS/c1-4-7-15-12-6-5-9(2)8-11(12)13(19)17-14-16-10(3)18-20-14/h5-6,8,15H,4,7H2,1-3H3,(H,16,17,18,19). The Bertz CT molecular complexity index is 609. The van der Waals surface area contributed by atoms with E-state index in [0.717, 1.165) is 24.2 Å². The van der Waals surface area contributed by atoms with Crippen LogP contribution in [0.5, 0.6) is 0 Å². The zero-order chi connectivity index (χ0) is 14.5. The number of carbonyl (C=O) groups is 1. The lowest BCUT2D eigenvalue weighted by molar-refractivity contribution is 0.102. The van der Waals surface area contributed by atoms with Gasteiger partial charge in [-0.05, 0) is 32.4 Å². The maximum atomic E-state index is 12.3. The van der Waals surface area contributed by atoms with Crippen LogP contribution < -0.4 is 10.6 Å². The van der Waals surface area contributed by atoms with Gasteiger partial charge in [0.15, 0.2) is 0 Å². The maximum Gasteiger partial charge on any atom is 0.259 e. The van der Waals surface area contributed by atoms with Crippen molar-refractivity contribution in [3.63, 3.8) is 0 Å². The molecule has 0 aliphatic rings. The summed E-state index contributed by atoms with van der Waals surface area (Å²) in [6, 6.07) is 5.80. The highest BCUT2D eigenvalue weighted by molar-refractivity contribution is 7.09. The Kier molecular flexibility index (Phi) is 4.68. The van der Waals surface area contributed by atoms with Crippen LogP contribution in [0, 0.1) is 13.8 Å². The molecule has 20 heavy (non-hydrogen) atoms. The van der Waals surface area contributed by atoms with Gasteiger partial charge in [0.05, 0.1) is 5.56 Å². The number of nitrogens with zero attached hydrogens (tertiary/aromatic N) is 2. The van der Waals surface area contributed by atoms with Crippen LogP contribution in [0.4, 0.5) is 10.8 Å². The Morgan fingerprint density at radius 3 is 2.80 bits per heavy atom. The minimum Gasteiger partial charge on any atom is -0.384 e. The molecule has 0 spiro atoms. The number of amides is 1. The number of rotatable bonds is 5. The van der Waals surface area contributed by atoms with Crippen molar-refractivity contribution < 1.29 is 4.79 Å². The monoisotopic (exact) mass is 290 g/mol. The number of carbonyl (C=O) groups excluding carboxylic acids is 1. The van der Waals surface area contributed by atoms with Gasteiger partial charge in [0, 0.05) is 23.8 Å². The Morgan fingerprint density at radius 2 is 2.15 bits per heavy atom. The Hall–Kier alpha value is -1.95. The average Bonchev–Trinajstić information content (AvgIpc) is 2.82. The fraction of sp³-hybridized carbons (Fsp3) is 0.357. The number of hydrogen-bond donors (Lipinski definition) is 2. The van der Waals surface area contributed by atoms with Crippen LogP contribution in [0.2, 0.25) is 0 Å². The van der Waals surface area contributed by atoms with Gasteiger partial charge in [-0.2, -0.15) is 4.37 Å². The molecule has 2 rings (SSSR count). The molecule has 1 aromatic heterocycles. The molecular formula is C14H18N4OS. The van der Waals surface area contributed by atoms with E-state index in [1.54, 1.807) is 6.92 Å². The van der Waals surface area contributed by atoms with E-state index in [-0.39, 0.29) is 5.91 Å². The topological polar surface area (TPSA) is 66.9 Å². The summed E-state index contributed by atoms with van der Waals surface area (Å²) in [5, 5.41) is 6.58. The summed E-state index contributed by atoms with van der Waals surface area (Å²) in [7, 11) is 0. The largest absolute Gasteiger partial charge is 0.384 e. The van der Waals surface area contributed by atoms with Gasteiger partial charge in [0.1, 0.15) is 5.82 Å². The molecule has 0 aliphatic heterocycles. The van der Waals surface area contributed by atoms with Crippen LogP contribution >= 0.6 is 11.5 Å². The second-order valence-electron chi connectivity index (χ2n) is 4.58. The first-order chi connectivity index (χ1) is 9.60. The molecule has 1 heterocycles. The summed E-state index contributed by atoms with van der Waals surface area (Å²) in [5.41, 5.74) is 2.52. The quantitative estimate of drug-likeness (QED) is 0.887. The SMILES string of the molecule is CCCNc1ccc(C)cc1C(=O)Nc1nc(C)ns1. The van der Waals surface area contributed by atoms with Crippen molar-refractivity contribution in [3.05, 3.63) is 35.2 Å². The van der Waals surface area contributed by atoms with Crippen LogP contribution in [-0.4, -0.2) is 21.8 Å². The maximum absolute atomic E-state index is 12.3. The van der Waals surface area contributed by atoms with Gasteiger partial charge in [0.2, 0.25) is 5.13 Å². The molecule has 0 atom stereocenters. The van der Waals surface area contributed by atoms with E-state index < -0.39 is 0 Å². The van der Waals surface area contributed by atoms with E-state index in [2.05, 4.69) is 26.9 Å². The number of benzene rings is 1. The lowest BCUT2D eigenvalue weighted by Gasteiger charge is -2.11. The average molecular weight is 290 g/mol. The predicted molar refractivity (Wildman–Crippen MR) is 82.6 cm³/mol. The molecule has 106 valence electrons. The zero-order valence-electron chi connectivity index (χ0n) is 11.9. The van der Waals surface area contributed by atoms with E-state index in [1.807, 2.05) is 25.1 Å². The molecule has 0 fully saturated rings.